The Morgan fingerprint density at radius 1 is 1.38 bits per heavy atom. The molecule has 0 spiro atoms. The standard InChI is InChI=1S/C14H21NO/c1-11(9-10-15)13-7-2-3-8-14(13)16-12-5-4-6-12/h2-3,7-8,11-12H,4-6,9-10,15H2,1H3. The van der Waals surface area contributed by atoms with Crippen molar-refractivity contribution in [3.8, 4) is 5.75 Å². The molecule has 2 rings (SSSR count). The van der Waals surface area contributed by atoms with Crippen LogP contribution in [-0.2, 0) is 0 Å². The Kier molecular flexibility index (Phi) is 3.83. The second kappa shape index (κ2) is 5.35. The van der Waals surface area contributed by atoms with Crippen molar-refractivity contribution >= 4 is 0 Å². The van der Waals surface area contributed by atoms with Crippen LogP contribution in [0, 0.1) is 0 Å². The van der Waals surface area contributed by atoms with Gasteiger partial charge in [0, 0.05) is 0 Å². The molecule has 1 aliphatic carbocycles. The molecular weight excluding hydrogens is 198 g/mol. The summed E-state index contributed by atoms with van der Waals surface area (Å²) in [5, 5.41) is 0. The summed E-state index contributed by atoms with van der Waals surface area (Å²) in [6.07, 6.45) is 5.20. The maximum Gasteiger partial charge on any atom is 0.123 e. The van der Waals surface area contributed by atoms with Crippen LogP contribution in [0.3, 0.4) is 0 Å². The maximum absolute atomic E-state index is 6.01. The van der Waals surface area contributed by atoms with Crippen molar-refractivity contribution in [1.29, 1.82) is 0 Å². The Labute approximate surface area is 97.8 Å². The molecule has 2 heteroatoms. The van der Waals surface area contributed by atoms with Gasteiger partial charge in [0.2, 0.25) is 0 Å². The zero-order valence-electron chi connectivity index (χ0n) is 9.99. The van der Waals surface area contributed by atoms with Crippen LogP contribution in [-0.4, -0.2) is 12.6 Å². The van der Waals surface area contributed by atoms with Crippen molar-refractivity contribution in [3.05, 3.63) is 29.8 Å². The number of para-hydroxylation sites is 1. The van der Waals surface area contributed by atoms with Crippen LogP contribution in [0.25, 0.3) is 0 Å². The van der Waals surface area contributed by atoms with Gasteiger partial charge in [-0.05, 0) is 49.8 Å². The average Bonchev–Trinajstić information content (AvgIpc) is 2.24. The normalized spacial score (nSPS) is 17.9. The fourth-order valence-electron chi connectivity index (χ4n) is 2.07. The molecule has 16 heavy (non-hydrogen) atoms. The van der Waals surface area contributed by atoms with Gasteiger partial charge in [-0.2, -0.15) is 0 Å². The lowest BCUT2D eigenvalue weighted by molar-refractivity contribution is 0.118. The van der Waals surface area contributed by atoms with Gasteiger partial charge in [0.15, 0.2) is 0 Å². The van der Waals surface area contributed by atoms with Crippen LogP contribution in [0.15, 0.2) is 24.3 Å². The van der Waals surface area contributed by atoms with Crippen LogP contribution in [0.4, 0.5) is 0 Å². The molecule has 1 aromatic rings. The lowest BCUT2D eigenvalue weighted by Gasteiger charge is -2.28. The van der Waals surface area contributed by atoms with Gasteiger partial charge in [-0.25, -0.2) is 0 Å². The summed E-state index contributed by atoms with van der Waals surface area (Å²) in [5.41, 5.74) is 6.92. The van der Waals surface area contributed by atoms with Crippen molar-refractivity contribution < 1.29 is 4.74 Å². The van der Waals surface area contributed by atoms with Gasteiger partial charge in [-0.15, -0.1) is 0 Å². The Balaban J connectivity index is 2.09. The SMILES string of the molecule is CC(CCN)c1ccccc1OC1CCC1. The first-order chi connectivity index (χ1) is 7.81. The molecule has 0 aliphatic heterocycles. The van der Waals surface area contributed by atoms with Crippen LogP contribution >= 0.6 is 0 Å². The molecule has 1 aliphatic rings. The molecule has 1 atom stereocenters. The van der Waals surface area contributed by atoms with Crippen molar-refractivity contribution in [2.75, 3.05) is 6.54 Å². The van der Waals surface area contributed by atoms with Crippen molar-refractivity contribution in [2.24, 2.45) is 5.73 Å². The first-order valence-corrected chi connectivity index (χ1v) is 6.27. The van der Waals surface area contributed by atoms with E-state index in [1.54, 1.807) is 0 Å². The molecule has 0 aromatic heterocycles. The predicted octanol–water partition coefficient (Wildman–Crippen LogP) is 3.07. The second-order valence-corrected chi connectivity index (χ2v) is 4.69. The van der Waals surface area contributed by atoms with Gasteiger partial charge in [0.1, 0.15) is 5.75 Å². The summed E-state index contributed by atoms with van der Waals surface area (Å²) in [5.74, 6) is 1.55. The van der Waals surface area contributed by atoms with Gasteiger partial charge in [-0.1, -0.05) is 25.1 Å². The molecule has 0 radical (unpaired) electrons. The molecule has 1 unspecified atom stereocenters. The van der Waals surface area contributed by atoms with E-state index in [-0.39, 0.29) is 0 Å². The van der Waals surface area contributed by atoms with Crippen LogP contribution in [0.2, 0.25) is 0 Å². The Morgan fingerprint density at radius 3 is 2.75 bits per heavy atom. The van der Waals surface area contributed by atoms with E-state index < -0.39 is 0 Å². The second-order valence-electron chi connectivity index (χ2n) is 4.69. The molecule has 2 N–H and O–H groups in total. The van der Waals surface area contributed by atoms with E-state index in [2.05, 4.69) is 25.1 Å². The van der Waals surface area contributed by atoms with E-state index in [9.17, 15) is 0 Å². The van der Waals surface area contributed by atoms with Gasteiger partial charge in [0.05, 0.1) is 6.10 Å². The van der Waals surface area contributed by atoms with E-state index in [1.807, 2.05) is 6.07 Å². The van der Waals surface area contributed by atoms with Crippen LogP contribution < -0.4 is 10.5 Å². The fourth-order valence-corrected chi connectivity index (χ4v) is 2.07. The molecule has 0 saturated heterocycles. The molecule has 0 heterocycles. The molecule has 2 nitrogen and oxygen atoms in total. The summed E-state index contributed by atoms with van der Waals surface area (Å²) in [7, 11) is 0. The minimum Gasteiger partial charge on any atom is -0.490 e. The highest BCUT2D eigenvalue weighted by Gasteiger charge is 2.21. The summed E-state index contributed by atoms with van der Waals surface area (Å²) < 4.78 is 6.01. The number of hydrogen-bond donors (Lipinski definition) is 1. The molecule has 1 aromatic carbocycles. The molecule has 0 bridgehead atoms. The molecule has 88 valence electrons. The number of nitrogens with two attached hydrogens (primary N) is 1. The highest BCUT2D eigenvalue weighted by molar-refractivity contribution is 5.36. The van der Waals surface area contributed by atoms with Crippen LogP contribution in [0.1, 0.15) is 44.1 Å². The van der Waals surface area contributed by atoms with E-state index in [1.165, 1.54) is 24.8 Å². The predicted molar refractivity (Wildman–Crippen MR) is 66.8 cm³/mol. The summed E-state index contributed by atoms with van der Waals surface area (Å²) in [6, 6.07) is 8.37. The van der Waals surface area contributed by atoms with Gasteiger partial charge in [0.25, 0.3) is 0 Å². The molecule has 1 saturated carbocycles. The highest BCUT2D eigenvalue weighted by atomic mass is 16.5. The molecule has 1 fully saturated rings. The van der Waals surface area contributed by atoms with Gasteiger partial charge in [-0.3, -0.25) is 0 Å². The third kappa shape index (κ3) is 2.56. The quantitative estimate of drug-likeness (QED) is 0.826. The molecule has 0 amide bonds. The van der Waals surface area contributed by atoms with Crippen LogP contribution in [0.5, 0.6) is 5.75 Å². The number of hydrogen-bond acceptors (Lipinski definition) is 2. The van der Waals surface area contributed by atoms with E-state index in [0.29, 0.717) is 12.0 Å². The summed E-state index contributed by atoms with van der Waals surface area (Å²) in [4.78, 5) is 0. The highest BCUT2D eigenvalue weighted by Crippen LogP contribution is 2.32. The first-order valence-electron chi connectivity index (χ1n) is 6.27. The Morgan fingerprint density at radius 2 is 2.12 bits per heavy atom. The Hall–Kier alpha value is -1.02. The number of ether oxygens (including phenoxy) is 1. The Bertz CT molecular complexity index is 333. The summed E-state index contributed by atoms with van der Waals surface area (Å²) in [6.45, 7) is 2.95. The first kappa shape index (κ1) is 11.5. The lowest BCUT2D eigenvalue weighted by Crippen LogP contribution is -2.25. The maximum atomic E-state index is 6.01. The van der Waals surface area contributed by atoms with Crippen molar-refractivity contribution in [3.63, 3.8) is 0 Å². The summed E-state index contributed by atoms with van der Waals surface area (Å²) >= 11 is 0. The smallest absolute Gasteiger partial charge is 0.123 e. The van der Waals surface area contributed by atoms with E-state index >= 15 is 0 Å². The third-order valence-corrected chi connectivity index (χ3v) is 3.40. The third-order valence-electron chi connectivity index (χ3n) is 3.40. The molecular formula is C14H21NO. The number of benzene rings is 1. The monoisotopic (exact) mass is 219 g/mol. The van der Waals surface area contributed by atoms with Crippen molar-refractivity contribution in [2.45, 2.75) is 44.6 Å². The zero-order chi connectivity index (χ0) is 11.4. The zero-order valence-corrected chi connectivity index (χ0v) is 9.99. The minimum atomic E-state index is 0.450. The minimum absolute atomic E-state index is 0.450. The fraction of sp³-hybridized carbons (Fsp3) is 0.571. The largest absolute Gasteiger partial charge is 0.490 e. The van der Waals surface area contributed by atoms with Gasteiger partial charge >= 0.3 is 0 Å². The van der Waals surface area contributed by atoms with E-state index in [0.717, 1.165) is 18.7 Å². The lowest BCUT2D eigenvalue weighted by atomic mass is 9.94. The average molecular weight is 219 g/mol. The van der Waals surface area contributed by atoms with Crippen molar-refractivity contribution in [1.82, 2.24) is 0 Å². The van der Waals surface area contributed by atoms with Gasteiger partial charge < -0.3 is 10.5 Å². The number of rotatable bonds is 5. The topological polar surface area (TPSA) is 35.2 Å². The van der Waals surface area contributed by atoms with E-state index in [4.69, 9.17) is 10.5 Å².